The fourth-order valence-corrected chi connectivity index (χ4v) is 1.59. The quantitative estimate of drug-likeness (QED) is 0.820. The maximum atomic E-state index is 10.7. The number of hydrogen-bond acceptors (Lipinski definition) is 2. The van der Waals surface area contributed by atoms with Crippen LogP contribution in [0.4, 0.5) is 0 Å². The van der Waals surface area contributed by atoms with E-state index in [1.165, 1.54) is 6.92 Å². The molecular formula is C13H17NO3. The Morgan fingerprint density at radius 1 is 1.29 bits per heavy atom. The predicted molar refractivity (Wildman–Crippen MR) is 65.1 cm³/mol. The molecule has 0 radical (unpaired) electrons. The Kier molecular flexibility index (Phi) is 4.69. The summed E-state index contributed by atoms with van der Waals surface area (Å²) in [6, 6.07) is 6.85. The van der Waals surface area contributed by atoms with Crippen molar-refractivity contribution < 1.29 is 14.7 Å². The van der Waals surface area contributed by atoms with Gasteiger partial charge < -0.3 is 10.4 Å². The zero-order valence-corrected chi connectivity index (χ0v) is 10.1. The van der Waals surface area contributed by atoms with E-state index in [0.717, 1.165) is 12.0 Å². The molecule has 1 amide bonds. The number of nitrogens with one attached hydrogen (secondary N) is 1. The molecule has 1 aromatic rings. The molecule has 1 atom stereocenters. The number of carbonyl (C=O) groups is 2. The van der Waals surface area contributed by atoms with E-state index in [9.17, 15) is 9.59 Å². The summed E-state index contributed by atoms with van der Waals surface area (Å²) < 4.78 is 0. The molecule has 1 unspecified atom stereocenters. The third-order valence-electron chi connectivity index (χ3n) is 2.68. The summed E-state index contributed by atoms with van der Waals surface area (Å²) in [7, 11) is 0. The number of carboxylic acid groups (broad SMARTS) is 1. The van der Waals surface area contributed by atoms with Crippen LogP contribution in [-0.4, -0.2) is 23.5 Å². The highest BCUT2D eigenvalue weighted by Crippen LogP contribution is 2.18. The maximum absolute atomic E-state index is 10.7. The summed E-state index contributed by atoms with van der Waals surface area (Å²) in [4.78, 5) is 21.4. The van der Waals surface area contributed by atoms with Crippen molar-refractivity contribution in [2.45, 2.75) is 26.2 Å². The second kappa shape index (κ2) is 6.03. The molecule has 4 nitrogen and oxygen atoms in total. The molecule has 0 saturated heterocycles. The molecule has 0 fully saturated rings. The van der Waals surface area contributed by atoms with Crippen LogP contribution in [0.25, 0.3) is 0 Å². The Morgan fingerprint density at radius 2 is 1.88 bits per heavy atom. The van der Waals surface area contributed by atoms with E-state index in [4.69, 9.17) is 5.11 Å². The molecule has 92 valence electrons. The van der Waals surface area contributed by atoms with Crippen LogP contribution in [0.1, 0.15) is 42.1 Å². The van der Waals surface area contributed by atoms with Gasteiger partial charge >= 0.3 is 5.97 Å². The van der Waals surface area contributed by atoms with Gasteiger partial charge in [0, 0.05) is 13.5 Å². The first kappa shape index (κ1) is 13.2. The first-order valence-corrected chi connectivity index (χ1v) is 5.58. The normalized spacial score (nSPS) is 11.9. The van der Waals surface area contributed by atoms with Crippen LogP contribution >= 0.6 is 0 Å². The molecule has 4 heteroatoms. The minimum Gasteiger partial charge on any atom is -0.478 e. The smallest absolute Gasteiger partial charge is 0.335 e. The van der Waals surface area contributed by atoms with Gasteiger partial charge in [-0.2, -0.15) is 0 Å². The zero-order chi connectivity index (χ0) is 12.8. The van der Waals surface area contributed by atoms with Crippen LogP contribution in [0, 0.1) is 0 Å². The lowest BCUT2D eigenvalue weighted by molar-refractivity contribution is -0.118. The van der Waals surface area contributed by atoms with Gasteiger partial charge in [0.1, 0.15) is 0 Å². The predicted octanol–water partition coefficient (Wildman–Crippen LogP) is 2.01. The number of rotatable bonds is 5. The highest BCUT2D eigenvalue weighted by Gasteiger charge is 2.07. The van der Waals surface area contributed by atoms with E-state index in [-0.39, 0.29) is 5.91 Å². The molecule has 0 bridgehead atoms. The van der Waals surface area contributed by atoms with Gasteiger partial charge in [0.15, 0.2) is 0 Å². The largest absolute Gasteiger partial charge is 0.478 e. The van der Waals surface area contributed by atoms with Gasteiger partial charge in [-0.1, -0.05) is 19.1 Å². The molecule has 17 heavy (non-hydrogen) atoms. The Bertz CT molecular complexity index is 398. The first-order valence-electron chi connectivity index (χ1n) is 5.58. The van der Waals surface area contributed by atoms with Crippen molar-refractivity contribution in [1.29, 1.82) is 0 Å². The standard InChI is InChI=1S/C13H17NO3/c1-9(7-8-14-10(2)15)11-3-5-12(6-4-11)13(16)17/h3-6,9H,7-8H2,1-2H3,(H,14,15)(H,16,17). The lowest BCUT2D eigenvalue weighted by atomic mass is 9.97. The molecule has 0 aliphatic rings. The van der Waals surface area contributed by atoms with E-state index in [0.29, 0.717) is 18.0 Å². The molecule has 0 aliphatic heterocycles. The molecule has 0 aromatic heterocycles. The SMILES string of the molecule is CC(=O)NCCC(C)c1ccc(C(=O)O)cc1. The number of carboxylic acids is 1. The second-order valence-corrected chi connectivity index (χ2v) is 4.10. The topological polar surface area (TPSA) is 66.4 Å². The summed E-state index contributed by atoms with van der Waals surface area (Å²) in [6.07, 6.45) is 0.839. The van der Waals surface area contributed by atoms with E-state index in [2.05, 4.69) is 12.2 Å². The van der Waals surface area contributed by atoms with Crippen LogP contribution in [-0.2, 0) is 4.79 Å². The maximum Gasteiger partial charge on any atom is 0.335 e. The van der Waals surface area contributed by atoms with Crippen molar-refractivity contribution in [3.63, 3.8) is 0 Å². The van der Waals surface area contributed by atoms with Gasteiger partial charge in [0.2, 0.25) is 5.91 Å². The van der Waals surface area contributed by atoms with E-state index < -0.39 is 5.97 Å². The molecule has 0 aliphatic carbocycles. The summed E-state index contributed by atoms with van der Waals surface area (Å²) in [6.45, 7) is 4.18. The molecular weight excluding hydrogens is 218 g/mol. The van der Waals surface area contributed by atoms with Crippen LogP contribution in [0.3, 0.4) is 0 Å². The van der Waals surface area contributed by atoms with Crippen LogP contribution in [0.15, 0.2) is 24.3 Å². The van der Waals surface area contributed by atoms with Crippen molar-refractivity contribution in [3.8, 4) is 0 Å². The highest BCUT2D eigenvalue weighted by atomic mass is 16.4. The monoisotopic (exact) mass is 235 g/mol. The number of hydrogen-bond donors (Lipinski definition) is 2. The summed E-state index contributed by atoms with van der Waals surface area (Å²) >= 11 is 0. The third-order valence-corrected chi connectivity index (χ3v) is 2.68. The van der Waals surface area contributed by atoms with Crippen molar-refractivity contribution in [2.75, 3.05) is 6.54 Å². The molecule has 2 N–H and O–H groups in total. The van der Waals surface area contributed by atoms with E-state index >= 15 is 0 Å². The summed E-state index contributed by atoms with van der Waals surface area (Å²) in [5.74, 6) is -0.648. The molecule has 0 spiro atoms. The Morgan fingerprint density at radius 3 is 2.35 bits per heavy atom. The van der Waals surface area contributed by atoms with Gasteiger partial charge in [-0.25, -0.2) is 4.79 Å². The fraction of sp³-hybridized carbons (Fsp3) is 0.385. The van der Waals surface area contributed by atoms with Crippen LogP contribution in [0.2, 0.25) is 0 Å². The molecule has 0 saturated carbocycles. The van der Waals surface area contributed by atoms with Crippen LogP contribution in [0.5, 0.6) is 0 Å². The minimum absolute atomic E-state index is 0.0292. The lowest BCUT2D eigenvalue weighted by Crippen LogP contribution is -2.22. The Hall–Kier alpha value is -1.84. The Balaban J connectivity index is 2.54. The molecule has 1 aromatic carbocycles. The Labute approximate surface area is 101 Å². The number of amides is 1. The second-order valence-electron chi connectivity index (χ2n) is 4.10. The molecule has 0 heterocycles. The highest BCUT2D eigenvalue weighted by molar-refractivity contribution is 5.87. The number of aromatic carboxylic acids is 1. The fourth-order valence-electron chi connectivity index (χ4n) is 1.59. The minimum atomic E-state index is -0.914. The van der Waals surface area contributed by atoms with Gasteiger partial charge in [-0.05, 0) is 30.0 Å². The van der Waals surface area contributed by atoms with Gasteiger partial charge in [0.25, 0.3) is 0 Å². The van der Waals surface area contributed by atoms with Gasteiger partial charge in [0.05, 0.1) is 5.56 Å². The average Bonchev–Trinajstić information content (AvgIpc) is 2.28. The third kappa shape index (κ3) is 4.26. The number of carbonyl (C=O) groups excluding carboxylic acids is 1. The zero-order valence-electron chi connectivity index (χ0n) is 10.1. The summed E-state index contributed by atoms with van der Waals surface area (Å²) in [5.41, 5.74) is 1.38. The van der Waals surface area contributed by atoms with Crippen molar-refractivity contribution in [1.82, 2.24) is 5.32 Å². The lowest BCUT2D eigenvalue weighted by Gasteiger charge is -2.12. The first-order chi connectivity index (χ1) is 8.00. The van der Waals surface area contributed by atoms with E-state index in [1.807, 2.05) is 12.1 Å². The average molecular weight is 235 g/mol. The van der Waals surface area contributed by atoms with Crippen molar-refractivity contribution >= 4 is 11.9 Å². The van der Waals surface area contributed by atoms with E-state index in [1.54, 1.807) is 12.1 Å². The number of benzene rings is 1. The summed E-state index contributed by atoms with van der Waals surface area (Å²) in [5, 5.41) is 11.5. The van der Waals surface area contributed by atoms with Gasteiger partial charge in [-0.15, -0.1) is 0 Å². The molecule has 1 rings (SSSR count). The van der Waals surface area contributed by atoms with Crippen molar-refractivity contribution in [3.05, 3.63) is 35.4 Å². The van der Waals surface area contributed by atoms with Gasteiger partial charge in [-0.3, -0.25) is 4.79 Å². The van der Waals surface area contributed by atoms with Crippen molar-refractivity contribution in [2.24, 2.45) is 0 Å². The van der Waals surface area contributed by atoms with Crippen LogP contribution < -0.4 is 5.32 Å².